The molecule has 2 rings (SSSR count). The zero-order chi connectivity index (χ0) is 12.3. The van der Waals surface area contributed by atoms with E-state index in [0.29, 0.717) is 6.04 Å². The number of carbonyl (C=O) groups excluding carboxylic acids is 1. The van der Waals surface area contributed by atoms with Crippen LogP contribution in [0.5, 0.6) is 0 Å². The molecule has 0 bridgehead atoms. The molecule has 4 heteroatoms. The van der Waals surface area contributed by atoms with Crippen LogP contribution in [0.4, 0.5) is 0 Å². The maximum atomic E-state index is 11.5. The van der Waals surface area contributed by atoms with Crippen molar-refractivity contribution >= 4 is 5.91 Å². The van der Waals surface area contributed by atoms with Gasteiger partial charge in [0.05, 0.1) is 6.04 Å². The Kier molecular flexibility index (Phi) is 4.40. The van der Waals surface area contributed by atoms with Crippen molar-refractivity contribution in [3.05, 3.63) is 0 Å². The molecule has 17 heavy (non-hydrogen) atoms. The number of carbonyl (C=O) groups is 1. The van der Waals surface area contributed by atoms with Gasteiger partial charge >= 0.3 is 0 Å². The fourth-order valence-electron chi connectivity index (χ4n) is 3.02. The summed E-state index contributed by atoms with van der Waals surface area (Å²) in [5.74, 6) is -0.0134. The highest BCUT2D eigenvalue weighted by Crippen LogP contribution is 2.25. The molecule has 4 nitrogen and oxygen atoms in total. The number of amides is 1. The lowest BCUT2D eigenvalue weighted by molar-refractivity contribution is -0.122. The Morgan fingerprint density at radius 3 is 2.65 bits per heavy atom. The van der Waals surface area contributed by atoms with Crippen LogP contribution in [0.15, 0.2) is 0 Å². The van der Waals surface area contributed by atoms with Crippen LogP contribution in [0.2, 0.25) is 0 Å². The van der Waals surface area contributed by atoms with Crippen LogP contribution in [0.25, 0.3) is 0 Å². The molecule has 2 fully saturated rings. The van der Waals surface area contributed by atoms with E-state index in [9.17, 15) is 4.79 Å². The molecule has 0 aromatic heterocycles. The number of nitrogens with two attached hydrogens (primary N) is 1. The predicted molar refractivity (Wildman–Crippen MR) is 68.6 cm³/mol. The van der Waals surface area contributed by atoms with Gasteiger partial charge in [-0.1, -0.05) is 19.3 Å². The molecule has 1 aliphatic carbocycles. The quantitative estimate of drug-likeness (QED) is 0.768. The fraction of sp³-hybridized carbons (Fsp3) is 0.923. The minimum absolute atomic E-state index is 0.0134. The summed E-state index contributed by atoms with van der Waals surface area (Å²) in [7, 11) is 0. The standard InChI is InChI=1S/C13H25N3O/c1-10(14)13(17)15-11-7-8-16(9-11)12-5-3-2-4-6-12/h10-12H,2-9,14H2,1H3,(H,15,17). The second kappa shape index (κ2) is 5.83. The van der Waals surface area contributed by atoms with Crippen LogP contribution < -0.4 is 11.1 Å². The summed E-state index contributed by atoms with van der Waals surface area (Å²) < 4.78 is 0. The molecule has 1 aliphatic heterocycles. The molecule has 0 spiro atoms. The van der Waals surface area contributed by atoms with Gasteiger partial charge in [0, 0.05) is 25.2 Å². The van der Waals surface area contributed by atoms with E-state index in [4.69, 9.17) is 5.73 Å². The third-order valence-electron chi connectivity index (χ3n) is 4.07. The van der Waals surface area contributed by atoms with Crippen LogP contribution in [0, 0.1) is 0 Å². The fourth-order valence-corrected chi connectivity index (χ4v) is 3.02. The summed E-state index contributed by atoms with van der Waals surface area (Å²) in [4.78, 5) is 14.1. The SMILES string of the molecule is CC(N)C(=O)NC1CCN(C2CCCCC2)C1. The Bertz CT molecular complexity index is 261. The number of hydrogen-bond donors (Lipinski definition) is 2. The van der Waals surface area contributed by atoms with Gasteiger partial charge in [0.25, 0.3) is 0 Å². The van der Waals surface area contributed by atoms with Crippen molar-refractivity contribution in [3.8, 4) is 0 Å². The Balaban J connectivity index is 1.76. The summed E-state index contributed by atoms with van der Waals surface area (Å²) in [5.41, 5.74) is 5.57. The first-order chi connectivity index (χ1) is 8.16. The van der Waals surface area contributed by atoms with Gasteiger partial charge in [0.2, 0.25) is 5.91 Å². The van der Waals surface area contributed by atoms with E-state index in [1.165, 1.54) is 32.1 Å². The summed E-state index contributed by atoms with van der Waals surface area (Å²) in [6.07, 6.45) is 7.90. The van der Waals surface area contributed by atoms with Crippen LogP contribution >= 0.6 is 0 Å². The van der Waals surface area contributed by atoms with Gasteiger partial charge in [-0.15, -0.1) is 0 Å². The van der Waals surface area contributed by atoms with E-state index >= 15 is 0 Å². The van der Waals surface area contributed by atoms with E-state index < -0.39 is 6.04 Å². The highest BCUT2D eigenvalue weighted by molar-refractivity contribution is 5.81. The van der Waals surface area contributed by atoms with Crippen LogP contribution in [0.3, 0.4) is 0 Å². The molecule has 0 radical (unpaired) electrons. The zero-order valence-corrected chi connectivity index (χ0v) is 10.8. The minimum Gasteiger partial charge on any atom is -0.351 e. The van der Waals surface area contributed by atoms with Crippen LogP contribution in [-0.2, 0) is 4.79 Å². The first-order valence-corrected chi connectivity index (χ1v) is 6.97. The molecule has 2 unspecified atom stereocenters. The molecule has 1 amide bonds. The van der Waals surface area contributed by atoms with Gasteiger partial charge in [0.1, 0.15) is 0 Å². The van der Waals surface area contributed by atoms with Crippen molar-refractivity contribution < 1.29 is 4.79 Å². The Hall–Kier alpha value is -0.610. The summed E-state index contributed by atoms with van der Waals surface area (Å²) in [6.45, 7) is 3.89. The van der Waals surface area contributed by atoms with Crippen molar-refractivity contribution in [3.63, 3.8) is 0 Å². The Morgan fingerprint density at radius 1 is 1.29 bits per heavy atom. The number of hydrogen-bond acceptors (Lipinski definition) is 3. The second-order valence-corrected chi connectivity index (χ2v) is 5.57. The molecule has 0 aromatic carbocycles. The van der Waals surface area contributed by atoms with E-state index in [2.05, 4.69) is 10.2 Å². The summed E-state index contributed by atoms with van der Waals surface area (Å²) >= 11 is 0. The monoisotopic (exact) mass is 239 g/mol. The normalized spacial score (nSPS) is 29.2. The van der Waals surface area contributed by atoms with Crippen LogP contribution in [0.1, 0.15) is 45.4 Å². The summed E-state index contributed by atoms with van der Waals surface area (Å²) in [6, 6.07) is 0.690. The highest BCUT2D eigenvalue weighted by Gasteiger charge is 2.29. The first kappa shape index (κ1) is 12.8. The van der Waals surface area contributed by atoms with Gasteiger partial charge in [-0.3, -0.25) is 9.69 Å². The number of rotatable bonds is 3. The van der Waals surface area contributed by atoms with Gasteiger partial charge < -0.3 is 11.1 Å². The highest BCUT2D eigenvalue weighted by atomic mass is 16.2. The van der Waals surface area contributed by atoms with Gasteiger partial charge in [-0.05, 0) is 26.2 Å². The molecular weight excluding hydrogens is 214 g/mol. The van der Waals surface area contributed by atoms with Gasteiger partial charge in [-0.2, -0.15) is 0 Å². The zero-order valence-electron chi connectivity index (χ0n) is 10.8. The molecule has 1 saturated carbocycles. The second-order valence-electron chi connectivity index (χ2n) is 5.57. The third-order valence-corrected chi connectivity index (χ3v) is 4.07. The van der Waals surface area contributed by atoms with Crippen molar-refractivity contribution in [1.82, 2.24) is 10.2 Å². The van der Waals surface area contributed by atoms with Crippen molar-refractivity contribution in [2.24, 2.45) is 5.73 Å². The Morgan fingerprint density at radius 2 is 2.00 bits per heavy atom. The number of nitrogens with zero attached hydrogens (tertiary/aromatic N) is 1. The molecule has 2 atom stereocenters. The summed E-state index contributed by atoms with van der Waals surface area (Å²) in [5, 5.41) is 3.04. The van der Waals surface area contributed by atoms with Crippen molar-refractivity contribution in [2.75, 3.05) is 13.1 Å². The molecule has 98 valence electrons. The lowest BCUT2D eigenvalue weighted by Gasteiger charge is -2.31. The lowest BCUT2D eigenvalue weighted by Crippen LogP contribution is -2.45. The van der Waals surface area contributed by atoms with Gasteiger partial charge in [-0.25, -0.2) is 0 Å². The topological polar surface area (TPSA) is 58.4 Å². The van der Waals surface area contributed by atoms with Gasteiger partial charge in [0.15, 0.2) is 0 Å². The molecule has 3 N–H and O–H groups in total. The number of likely N-dealkylation sites (tertiary alicyclic amines) is 1. The smallest absolute Gasteiger partial charge is 0.236 e. The van der Waals surface area contributed by atoms with E-state index in [1.807, 2.05) is 0 Å². The average molecular weight is 239 g/mol. The predicted octanol–water partition coefficient (Wildman–Crippen LogP) is 0.857. The first-order valence-electron chi connectivity index (χ1n) is 6.97. The largest absolute Gasteiger partial charge is 0.351 e. The van der Waals surface area contributed by atoms with Crippen molar-refractivity contribution in [2.45, 2.75) is 63.6 Å². The average Bonchev–Trinajstić information content (AvgIpc) is 2.78. The van der Waals surface area contributed by atoms with Crippen molar-refractivity contribution in [1.29, 1.82) is 0 Å². The number of nitrogens with one attached hydrogen (secondary N) is 1. The molecule has 1 heterocycles. The minimum atomic E-state index is -0.390. The lowest BCUT2D eigenvalue weighted by atomic mass is 9.94. The third kappa shape index (κ3) is 3.42. The maximum Gasteiger partial charge on any atom is 0.236 e. The molecule has 0 aromatic rings. The molecule has 1 saturated heterocycles. The maximum absolute atomic E-state index is 11.5. The van der Waals surface area contributed by atoms with E-state index in [0.717, 1.165) is 25.6 Å². The van der Waals surface area contributed by atoms with E-state index in [1.54, 1.807) is 6.92 Å². The van der Waals surface area contributed by atoms with Crippen LogP contribution in [-0.4, -0.2) is 42.0 Å². The molecular formula is C13H25N3O. The Labute approximate surface area is 104 Å². The molecule has 2 aliphatic rings. The van der Waals surface area contributed by atoms with E-state index in [-0.39, 0.29) is 5.91 Å².